The van der Waals surface area contributed by atoms with Gasteiger partial charge in [-0.3, -0.25) is 9.78 Å². The second-order valence-electron chi connectivity index (χ2n) is 5.27. The largest absolute Gasteiger partial charge is 0.381 e. The number of hydrogen-bond donors (Lipinski definition) is 0. The van der Waals surface area contributed by atoms with Gasteiger partial charge in [0.15, 0.2) is 5.78 Å². The fourth-order valence-corrected chi connectivity index (χ4v) is 2.97. The lowest BCUT2D eigenvalue weighted by Gasteiger charge is -2.35. The fourth-order valence-electron chi connectivity index (χ4n) is 2.97. The van der Waals surface area contributed by atoms with Gasteiger partial charge in [0.25, 0.3) is 0 Å². The van der Waals surface area contributed by atoms with E-state index in [2.05, 4.69) is 4.98 Å². The Morgan fingerprint density at radius 1 is 1.33 bits per heavy atom. The molecule has 4 heteroatoms. The number of aromatic nitrogens is 1. The Kier molecular flexibility index (Phi) is 3.99. The first-order valence-corrected chi connectivity index (χ1v) is 7.36. The number of ether oxygens (including phenoxy) is 2. The predicted molar refractivity (Wildman–Crippen MR) is 80.5 cm³/mol. The number of ketones is 1. The molecule has 110 valence electrons. The van der Waals surface area contributed by atoms with Gasteiger partial charge >= 0.3 is 0 Å². The molecule has 1 aliphatic rings. The molecule has 0 aliphatic carbocycles. The molecule has 4 nitrogen and oxygen atoms in total. The normalized spacial score (nSPS) is 17.8. The van der Waals surface area contributed by atoms with E-state index in [4.69, 9.17) is 9.47 Å². The standard InChI is InChI=1S/C17H19NO3/c1-2-21-17(7-10-20-11-8-17)16(19)14-5-3-4-13-6-9-18-12-15(13)14/h3-6,9,12H,2,7-8,10-11H2,1H3. The zero-order valence-corrected chi connectivity index (χ0v) is 12.2. The molecule has 1 aromatic carbocycles. The number of hydrogen-bond acceptors (Lipinski definition) is 4. The lowest BCUT2D eigenvalue weighted by molar-refractivity contribution is -0.0821. The van der Waals surface area contributed by atoms with Crippen LogP contribution in [0.3, 0.4) is 0 Å². The van der Waals surface area contributed by atoms with Crippen molar-refractivity contribution >= 4 is 16.6 Å². The number of pyridine rings is 1. The van der Waals surface area contributed by atoms with E-state index >= 15 is 0 Å². The van der Waals surface area contributed by atoms with Crippen molar-refractivity contribution in [2.45, 2.75) is 25.4 Å². The first-order valence-electron chi connectivity index (χ1n) is 7.36. The van der Waals surface area contributed by atoms with E-state index in [0.29, 0.717) is 38.2 Å². The van der Waals surface area contributed by atoms with Crippen molar-refractivity contribution in [3.63, 3.8) is 0 Å². The molecule has 0 radical (unpaired) electrons. The second-order valence-corrected chi connectivity index (χ2v) is 5.27. The highest BCUT2D eigenvalue weighted by Gasteiger charge is 2.41. The van der Waals surface area contributed by atoms with Gasteiger partial charge in [0.1, 0.15) is 5.60 Å². The number of nitrogens with zero attached hydrogens (tertiary/aromatic N) is 1. The van der Waals surface area contributed by atoms with E-state index in [9.17, 15) is 4.79 Å². The molecular weight excluding hydrogens is 266 g/mol. The highest BCUT2D eigenvalue weighted by atomic mass is 16.5. The topological polar surface area (TPSA) is 48.4 Å². The van der Waals surface area contributed by atoms with E-state index in [0.717, 1.165) is 10.8 Å². The van der Waals surface area contributed by atoms with Crippen LogP contribution in [0.1, 0.15) is 30.1 Å². The molecule has 2 heterocycles. The monoisotopic (exact) mass is 285 g/mol. The first kappa shape index (κ1) is 14.2. The third-order valence-electron chi connectivity index (χ3n) is 4.06. The summed E-state index contributed by atoms with van der Waals surface area (Å²) < 4.78 is 11.3. The number of fused-ring (bicyclic) bond motifs is 1. The molecular formula is C17H19NO3. The molecule has 0 atom stereocenters. The summed E-state index contributed by atoms with van der Waals surface area (Å²) in [7, 11) is 0. The van der Waals surface area contributed by atoms with Crippen molar-refractivity contribution in [3.05, 3.63) is 42.2 Å². The van der Waals surface area contributed by atoms with E-state index < -0.39 is 5.60 Å². The Labute approximate surface area is 124 Å². The van der Waals surface area contributed by atoms with Gasteiger partial charge in [0, 0.05) is 56.0 Å². The minimum absolute atomic E-state index is 0.0475. The van der Waals surface area contributed by atoms with Crippen LogP contribution in [0.5, 0.6) is 0 Å². The van der Waals surface area contributed by atoms with Crippen LogP contribution in [0.15, 0.2) is 36.7 Å². The minimum Gasteiger partial charge on any atom is -0.381 e. The Morgan fingerprint density at radius 2 is 2.14 bits per heavy atom. The predicted octanol–water partition coefficient (Wildman–Crippen LogP) is 3.00. The maximum Gasteiger partial charge on any atom is 0.195 e. The number of Topliss-reactive ketones (excluding diaryl/α,β-unsaturated/α-hetero) is 1. The lowest BCUT2D eigenvalue weighted by atomic mass is 9.84. The number of carbonyl (C=O) groups is 1. The molecule has 0 unspecified atom stereocenters. The van der Waals surface area contributed by atoms with Crippen LogP contribution in [-0.4, -0.2) is 36.2 Å². The summed E-state index contributed by atoms with van der Waals surface area (Å²) in [5.41, 5.74) is -0.0622. The molecule has 2 aromatic rings. The Bertz CT molecular complexity index is 637. The minimum atomic E-state index is -0.753. The first-order chi connectivity index (χ1) is 10.3. The van der Waals surface area contributed by atoms with Crippen LogP contribution in [0, 0.1) is 0 Å². The molecule has 1 saturated heterocycles. The molecule has 1 aromatic heterocycles. The highest BCUT2D eigenvalue weighted by Crippen LogP contribution is 2.31. The maximum absolute atomic E-state index is 13.1. The molecule has 0 N–H and O–H groups in total. The Morgan fingerprint density at radius 3 is 2.90 bits per heavy atom. The van der Waals surface area contributed by atoms with Gasteiger partial charge < -0.3 is 9.47 Å². The van der Waals surface area contributed by atoms with Gasteiger partial charge in [0.2, 0.25) is 0 Å². The van der Waals surface area contributed by atoms with E-state index in [1.165, 1.54) is 0 Å². The molecule has 1 fully saturated rings. The smallest absolute Gasteiger partial charge is 0.195 e. The molecule has 0 amide bonds. The van der Waals surface area contributed by atoms with Crippen molar-refractivity contribution < 1.29 is 14.3 Å². The van der Waals surface area contributed by atoms with Gasteiger partial charge in [0.05, 0.1) is 0 Å². The molecule has 0 spiro atoms. The summed E-state index contributed by atoms with van der Waals surface area (Å²) in [5, 5.41) is 1.91. The molecule has 0 saturated carbocycles. The van der Waals surface area contributed by atoms with E-state index in [1.54, 1.807) is 12.4 Å². The van der Waals surface area contributed by atoms with Crippen LogP contribution in [0.2, 0.25) is 0 Å². The van der Waals surface area contributed by atoms with Crippen LogP contribution < -0.4 is 0 Å². The quantitative estimate of drug-likeness (QED) is 0.810. The average molecular weight is 285 g/mol. The van der Waals surface area contributed by atoms with Crippen molar-refractivity contribution in [2.24, 2.45) is 0 Å². The summed E-state index contributed by atoms with van der Waals surface area (Å²) in [4.78, 5) is 17.3. The summed E-state index contributed by atoms with van der Waals surface area (Å²) in [6.07, 6.45) is 4.71. The van der Waals surface area contributed by atoms with Crippen LogP contribution in [0.25, 0.3) is 10.8 Å². The summed E-state index contributed by atoms with van der Waals surface area (Å²) in [6.45, 7) is 3.58. The van der Waals surface area contributed by atoms with Crippen molar-refractivity contribution in [3.8, 4) is 0 Å². The molecule has 1 aliphatic heterocycles. The number of benzene rings is 1. The molecule has 0 bridgehead atoms. The van der Waals surface area contributed by atoms with Crippen LogP contribution in [-0.2, 0) is 9.47 Å². The van der Waals surface area contributed by atoms with Crippen LogP contribution >= 0.6 is 0 Å². The van der Waals surface area contributed by atoms with Gasteiger partial charge in [-0.1, -0.05) is 18.2 Å². The van der Waals surface area contributed by atoms with E-state index in [-0.39, 0.29) is 5.78 Å². The van der Waals surface area contributed by atoms with Gasteiger partial charge in [-0.05, 0) is 18.4 Å². The Hall–Kier alpha value is -1.78. The SMILES string of the molecule is CCOC1(C(=O)c2cccc3ccncc23)CCOCC1. The zero-order chi connectivity index (χ0) is 14.7. The maximum atomic E-state index is 13.1. The van der Waals surface area contributed by atoms with Crippen molar-refractivity contribution in [1.29, 1.82) is 0 Å². The third kappa shape index (κ3) is 2.57. The van der Waals surface area contributed by atoms with E-state index in [1.807, 2.05) is 31.2 Å². The average Bonchev–Trinajstić information content (AvgIpc) is 2.55. The summed E-state index contributed by atoms with van der Waals surface area (Å²) in [5.74, 6) is 0.0475. The van der Waals surface area contributed by atoms with Gasteiger partial charge in [-0.25, -0.2) is 0 Å². The number of carbonyl (C=O) groups excluding carboxylic acids is 1. The summed E-state index contributed by atoms with van der Waals surface area (Å²) >= 11 is 0. The second kappa shape index (κ2) is 5.92. The van der Waals surface area contributed by atoms with Crippen molar-refractivity contribution in [2.75, 3.05) is 19.8 Å². The summed E-state index contributed by atoms with van der Waals surface area (Å²) in [6, 6.07) is 7.69. The van der Waals surface area contributed by atoms with Gasteiger partial charge in [-0.2, -0.15) is 0 Å². The zero-order valence-electron chi connectivity index (χ0n) is 12.2. The number of rotatable bonds is 4. The highest BCUT2D eigenvalue weighted by molar-refractivity contribution is 6.11. The molecule has 3 rings (SSSR count). The Balaban J connectivity index is 2.06. The van der Waals surface area contributed by atoms with Gasteiger partial charge in [-0.15, -0.1) is 0 Å². The molecule has 21 heavy (non-hydrogen) atoms. The van der Waals surface area contributed by atoms with Crippen molar-refractivity contribution in [1.82, 2.24) is 4.98 Å². The van der Waals surface area contributed by atoms with Crippen LogP contribution in [0.4, 0.5) is 0 Å². The lowest BCUT2D eigenvalue weighted by Crippen LogP contribution is -2.46. The third-order valence-corrected chi connectivity index (χ3v) is 4.06. The fraction of sp³-hybridized carbons (Fsp3) is 0.412.